The average Bonchev–Trinajstić information content (AvgIpc) is 2.47. The van der Waals surface area contributed by atoms with Crippen molar-refractivity contribution in [1.82, 2.24) is 10.2 Å². The Hall–Kier alpha value is -1.62. The van der Waals surface area contributed by atoms with Gasteiger partial charge in [0.1, 0.15) is 5.82 Å². The van der Waals surface area contributed by atoms with Gasteiger partial charge in [-0.15, -0.1) is 0 Å². The summed E-state index contributed by atoms with van der Waals surface area (Å²) in [5.74, 6) is -0.434. The molecule has 1 aliphatic rings. The van der Waals surface area contributed by atoms with Crippen molar-refractivity contribution in [2.45, 2.75) is 19.8 Å². The largest absolute Gasteiger partial charge is 0.399 e. The topological polar surface area (TPSA) is 58.4 Å². The third-order valence-corrected chi connectivity index (χ3v) is 3.94. The van der Waals surface area contributed by atoms with Crippen LogP contribution in [0, 0.1) is 11.7 Å². The van der Waals surface area contributed by atoms with Crippen molar-refractivity contribution in [3.63, 3.8) is 0 Å². The summed E-state index contributed by atoms with van der Waals surface area (Å²) in [7, 11) is 0. The zero-order valence-corrected chi connectivity index (χ0v) is 11.9. The Morgan fingerprint density at radius 3 is 2.80 bits per heavy atom. The van der Waals surface area contributed by atoms with E-state index < -0.39 is 5.82 Å². The van der Waals surface area contributed by atoms with Gasteiger partial charge < -0.3 is 16.0 Å². The molecule has 0 radical (unpaired) electrons. The Morgan fingerprint density at radius 2 is 2.15 bits per heavy atom. The van der Waals surface area contributed by atoms with Crippen LogP contribution in [0.15, 0.2) is 18.2 Å². The number of anilines is 1. The summed E-state index contributed by atoms with van der Waals surface area (Å²) in [6.07, 6.45) is 2.15. The van der Waals surface area contributed by atoms with Crippen LogP contribution in [0.1, 0.15) is 30.1 Å². The van der Waals surface area contributed by atoms with Crippen molar-refractivity contribution in [3.8, 4) is 0 Å². The molecule has 1 saturated heterocycles. The molecule has 1 fully saturated rings. The molecule has 1 aliphatic heterocycles. The van der Waals surface area contributed by atoms with E-state index in [1.54, 1.807) is 0 Å². The minimum absolute atomic E-state index is 0.0241. The smallest absolute Gasteiger partial charge is 0.254 e. The van der Waals surface area contributed by atoms with Gasteiger partial charge in [-0.1, -0.05) is 6.92 Å². The van der Waals surface area contributed by atoms with Crippen molar-refractivity contribution >= 4 is 11.6 Å². The Bertz CT molecular complexity index is 470. The Kier molecular flexibility index (Phi) is 4.95. The number of benzene rings is 1. The van der Waals surface area contributed by atoms with Crippen molar-refractivity contribution in [2.75, 3.05) is 31.9 Å². The summed E-state index contributed by atoms with van der Waals surface area (Å²) in [5.41, 5.74) is 6.00. The standard InChI is InChI=1S/C15H22FN3O/c1-2-19-7-5-11(6-8-19)10-18-15(20)13-9-12(17)3-4-14(13)16/h3-4,9,11H,2,5-8,10,17H2,1H3,(H,18,20). The number of carbonyl (C=O) groups is 1. The third-order valence-electron chi connectivity index (χ3n) is 3.94. The molecule has 0 saturated carbocycles. The van der Waals surface area contributed by atoms with Crippen LogP contribution in [0.25, 0.3) is 0 Å². The molecular formula is C15H22FN3O. The first-order valence-corrected chi connectivity index (χ1v) is 7.15. The number of hydrogen-bond acceptors (Lipinski definition) is 3. The minimum Gasteiger partial charge on any atom is -0.399 e. The van der Waals surface area contributed by atoms with Gasteiger partial charge >= 0.3 is 0 Å². The fourth-order valence-corrected chi connectivity index (χ4v) is 2.56. The highest BCUT2D eigenvalue weighted by Gasteiger charge is 2.19. The molecule has 1 heterocycles. The molecule has 1 aromatic rings. The molecule has 3 N–H and O–H groups in total. The van der Waals surface area contributed by atoms with Gasteiger partial charge in [-0.3, -0.25) is 4.79 Å². The number of hydrogen-bond donors (Lipinski definition) is 2. The predicted molar refractivity (Wildman–Crippen MR) is 78.0 cm³/mol. The van der Waals surface area contributed by atoms with E-state index in [1.165, 1.54) is 18.2 Å². The van der Waals surface area contributed by atoms with Crippen LogP contribution in [-0.2, 0) is 0 Å². The number of amides is 1. The van der Waals surface area contributed by atoms with Crippen LogP contribution in [0.3, 0.4) is 0 Å². The SMILES string of the molecule is CCN1CCC(CNC(=O)c2cc(N)ccc2F)CC1. The maximum Gasteiger partial charge on any atom is 0.254 e. The maximum atomic E-state index is 13.6. The highest BCUT2D eigenvalue weighted by molar-refractivity contribution is 5.95. The van der Waals surface area contributed by atoms with Gasteiger partial charge in [-0.2, -0.15) is 0 Å². The molecule has 4 nitrogen and oxygen atoms in total. The van der Waals surface area contributed by atoms with E-state index in [4.69, 9.17) is 5.73 Å². The zero-order chi connectivity index (χ0) is 14.5. The molecule has 2 rings (SSSR count). The number of nitrogen functional groups attached to an aromatic ring is 1. The van der Waals surface area contributed by atoms with Crippen LogP contribution < -0.4 is 11.1 Å². The van der Waals surface area contributed by atoms with Crippen LogP contribution in [-0.4, -0.2) is 37.0 Å². The summed E-state index contributed by atoms with van der Waals surface area (Å²) in [6, 6.07) is 4.06. The van der Waals surface area contributed by atoms with Gasteiger partial charge in [0.2, 0.25) is 0 Å². The van der Waals surface area contributed by atoms with Gasteiger partial charge in [-0.25, -0.2) is 4.39 Å². The molecular weight excluding hydrogens is 257 g/mol. The molecule has 1 aromatic carbocycles. The Morgan fingerprint density at radius 1 is 1.45 bits per heavy atom. The second kappa shape index (κ2) is 6.70. The second-order valence-electron chi connectivity index (χ2n) is 5.33. The zero-order valence-electron chi connectivity index (χ0n) is 11.9. The summed E-state index contributed by atoms with van der Waals surface area (Å²) in [6.45, 7) is 5.98. The number of nitrogens with two attached hydrogens (primary N) is 1. The van der Waals surface area contributed by atoms with Crippen molar-refractivity contribution in [3.05, 3.63) is 29.6 Å². The number of likely N-dealkylation sites (tertiary alicyclic amines) is 1. The molecule has 0 aromatic heterocycles. The van der Waals surface area contributed by atoms with E-state index in [0.717, 1.165) is 32.5 Å². The molecule has 0 spiro atoms. The van der Waals surface area contributed by atoms with Crippen molar-refractivity contribution < 1.29 is 9.18 Å². The van der Waals surface area contributed by atoms with E-state index in [1.807, 2.05) is 0 Å². The van der Waals surface area contributed by atoms with Crippen LogP contribution in [0.4, 0.5) is 10.1 Å². The fraction of sp³-hybridized carbons (Fsp3) is 0.533. The van der Waals surface area contributed by atoms with Crippen LogP contribution in [0.2, 0.25) is 0 Å². The molecule has 0 atom stereocenters. The highest BCUT2D eigenvalue weighted by Crippen LogP contribution is 2.17. The molecule has 0 aliphatic carbocycles. The first-order valence-electron chi connectivity index (χ1n) is 7.15. The number of nitrogens with one attached hydrogen (secondary N) is 1. The van der Waals surface area contributed by atoms with Crippen molar-refractivity contribution in [2.24, 2.45) is 5.92 Å². The lowest BCUT2D eigenvalue weighted by molar-refractivity contribution is 0.0933. The molecule has 1 amide bonds. The fourth-order valence-electron chi connectivity index (χ4n) is 2.56. The number of piperidine rings is 1. The Balaban J connectivity index is 1.85. The first kappa shape index (κ1) is 14.8. The Labute approximate surface area is 119 Å². The molecule has 20 heavy (non-hydrogen) atoms. The summed E-state index contributed by atoms with van der Waals surface area (Å²) >= 11 is 0. The quantitative estimate of drug-likeness (QED) is 0.827. The second-order valence-corrected chi connectivity index (χ2v) is 5.33. The van der Waals surface area contributed by atoms with Gasteiger partial charge in [0.25, 0.3) is 5.91 Å². The van der Waals surface area contributed by atoms with Crippen LogP contribution in [0.5, 0.6) is 0 Å². The number of carbonyl (C=O) groups excluding carboxylic acids is 1. The molecule has 0 unspecified atom stereocenters. The lowest BCUT2D eigenvalue weighted by Gasteiger charge is -2.31. The number of rotatable bonds is 4. The lowest BCUT2D eigenvalue weighted by atomic mass is 9.96. The van der Waals surface area contributed by atoms with Gasteiger partial charge in [0.15, 0.2) is 0 Å². The van der Waals surface area contributed by atoms with E-state index in [2.05, 4.69) is 17.1 Å². The summed E-state index contributed by atoms with van der Waals surface area (Å²) in [4.78, 5) is 14.4. The number of nitrogens with zero attached hydrogens (tertiary/aromatic N) is 1. The monoisotopic (exact) mass is 279 g/mol. The van der Waals surface area contributed by atoms with Gasteiger partial charge in [-0.05, 0) is 56.6 Å². The van der Waals surface area contributed by atoms with E-state index >= 15 is 0 Å². The van der Waals surface area contributed by atoms with Gasteiger partial charge in [0.05, 0.1) is 5.56 Å². The predicted octanol–water partition coefficient (Wildman–Crippen LogP) is 1.87. The summed E-state index contributed by atoms with van der Waals surface area (Å²) < 4.78 is 13.6. The minimum atomic E-state index is -0.530. The maximum absolute atomic E-state index is 13.6. The van der Waals surface area contributed by atoms with Crippen LogP contribution >= 0.6 is 0 Å². The highest BCUT2D eigenvalue weighted by atomic mass is 19.1. The van der Waals surface area contributed by atoms with E-state index in [-0.39, 0.29) is 11.5 Å². The van der Waals surface area contributed by atoms with E-state index in [0.29, 0.717) is 18.2 Å². The molecule has 110 valence electrons. The normalized spacial score (nSPS) is 17.1. The number of halogens is 1. The molecule has 5 heteroatoms. The summed E-state index contributed by atoms with van der Waals surface area (Å²) in [5, 5.41) is 2.82. The average molecular weight is 279 g/mol. The van der Waals surface area contributed by atoms with Crippen molar-refractivity contribution in [1.29, 1.82) is 0 Å². The van der Waals surface area contributed by atoms with Gasteiger partial charge in [0, 0.05) is 12.2 Å². The first-order chi connectivity index (χ1) is 9.60. The van der Waals surface area contributed by atoms with E-state index in [9.17, 15) is 9.18 Å². The third kappa shape index (κ3) is 3.70. The lowest BCUT2D eigenvalue weighted by Crippen LogP contribution is -2.38. The molecule has 0 bridgehead atoms.